The summed E-state index contributed by atoms with van der Waals surface area (Å²) in [4.78, 5) is 2.24. The van der Waals surface area contributed by atoms with Gasteiger partial charge in [-0.15, -0.1) is 0 Å². The smallest absolute Gasteiger partial charge is 0.0637 e. The molecule has 0 amide bonds. The fraction of sp³-hybridized carbons (Fsp3) is 0.538. The van der Waals surface area contributed by atoms with Gasteiger partial charge in [-0.05, 0) is 31.6 Å². The van der Waals surface area contributed by atoms with Crippen LogP contribution in [0.15, 0.2) is 18.2 Å². The summed E-state index contributed by atoms with van der Waals surface area (Å²) in [6.45, 7) is 6.08. The maximum Gasteiger partial charge on any atom is 0.0637 e. The zero-order valence-corrected chi connectivity index (χ0v) is 12.0. The van der Waals surface area contributed by atoms with Crippen molar-refractivity contribution < 1.29 is 0 Å². The van der Waals surface area contributed by atoms with Gasteiger partial charge < -0.3 is 10.2 Å². The van der Waals surface area contributed by atoms with Gasteiger partial charge in [0, 0.05) is 19.6 Å². The third-order valence-corrected chi connectivity index (χ3v) is 3.43. The molecule has 96 valence electrons. The van der Waals surface area contributed by atoms with Crippen molar-refractivity contribution in [3.63, 3.8) is 0 Å². The first kappa shape index (κ1) is 14.8. The van der Waals surface area contributed by atoms with Crippen LogP contribution in [-0.2, 0) is 6.54 Å². The summed E-state index contributed by atoms with van der Waals surface area (Å²) in [6, 6.07) is 5.77. The Morgan fingerprint density at radius 1 is 1.24 bits per heavy atom. The molecule has 1 aromatic carbocycles. The molecule has 0 atom stereocenters. The summed E-state index contributed by atoms with van der Waals surface area (Å²) < 4.78 is 0. The van der Waals surface area contributed by atoms with Crippen LogP contribution in [0.4, 0.5) is 0 Å². The van der Waals surface area contributed by atoms with E-state index in [2.05, 4.69) is 24.2 Å². The van der Waals surface area contributed by atoms with E-state index in [1.54, 1.807) is 0 Å². The van der Waals surface area contributed by atoms with Gasteiger partial charge >= 0.3 is 0 Å². The number of hydrogen-bond acceptors (Lipinski definition) is 2. The molecule has 0 unspecified atom stereocenters. The zero-order chi connectivity index (χ0) is 12.7. The molecule has 0 heterocycles. The van der Waals surface area contributed by atoms with Gasteiger partial charge in [-0.3, -0.25) is 0 Å². The predicted octanol–water partition coefficient (Wildman–Crippen LogP) is 3.42. The Hall–Kier alpha value is -0.280. The van der Waals surface area contributed by atoms with E-state index < -0.39 is 0 Å². The van der Waals surface area contributed by atoms with Crippen molar-refractivity contribution in [3.8, 4) is 0 Å². The quantitative estimate of drug-likeness (QED) is 0.767. The number of benzene rings is 1. The van der Waals surface area contributed by atoms with Gasteiger partial charge in [0.1, 0.15) is 0 Å². The Kier molecular flexibility index (Phi) is 6.90. The van der Waals surface area contributed by atoms with Gasteiger partial charge in [0.25, 0.3) is 0 Å². The third kappa shape index (κ3) is 5.26. The molecule has 0 aliphatic carbocycles. The number of halogens is 2. The van der Waals surface area contributed by atoms with E-state index in [1.165, 1.54) is 6.42 Å². The molecule has 0 aromatic heterocycles. The minimum atomic E-state index is 0.627. The molecular formula is C13H20Cl2N2. The van der Waals surface area contributed by atoms with E-state index in [4.69, 9.17) is 23.2 Å². The van der Waals surface area contributed by atoms with Crippen molar-refractivity contribution >= 4 is 23.2 Å². The Bertz CT molecular complexity index is 342. The van der Waals surface area contributed by atoms with E-state index in [0.717, 1.165) is 31.7 Å². The zero-order valence-electron chi connectivity index (χ0n) is 10.5. The van der Waals surface area contributed by atoms with Crippen molar-refractivity contribution in [1.82, 2.24) is 10.2 Å². The number of nitrogens with one attached hydrogen (secondary N) is 1. The lowest BCUT2D eigenvalue weighted by Gasteiger charge is -2.18. The van der Waals surface area contributed by atoms with Crippen LogP contribution in [0, 0.1) is 0 Å². The number of rotatable bonds is 7. The SMILES string of the molecule is CCCNCCN(C)Cc1cccc(Cl)c1Cl. The average Bonchev–Trinajstić information content (AvgIpc) is 2.31. The van der Waals surface area contributed by atoms with E-state index in [9.17, 15) is 0 Å². The average molecular weight is 275 g/mol. The van der Waals surface area contributed by atoms with Gasteiger partial charge in [0.05, 0.1) is 10.0 Å². The Labute approximate surface area is 114 Å². The third-order valence-electron chi connectivity index (χ3n) is 2.57. The molecular weight excluding hydrogens is 255 g/mol. The summed E-state index contributed by atoms with van der Waals surface area (Å²) in [5.74, 6) is 0. The first-order chi connectivity index (χ1) is 8.15. The molecule has 17 heavy (non-hydrogen) atoms. The summed E-state index contributed by atoms with van der Waals surface area (Å²) in [6.07, 6.45) is 1.17. The molecule has 0 spiro atoms. The van der Waals surface area contributed by atoms with Crippen molar-refractivity contribution in [2.75, 3.05) is 26.7 Å². The van der Waals surface area contributed by atoms with Gasteiger partial charge in [-0.25, -0.2) is 0 Å². The second-order valence-corrected chi connectivity index (χ2v) is 4.99. The lowest BCUT2D eigenvalue weighted by atomic mass is 10.2. The number of nitrogens with zero attached hydrogens (tertiary/aromatic N) is 1. The molecule has 0 aliphatic heterocycles. The van der Waals surface area contributed by atoms with Crippen molar-refractivity contribution in [1.29, 1.82) is 0 Å². The number of likely N-dealkylation sites (N-methyl/N-ethyl adjacent to an activating group) is 1. The highest BCUT2D eigenvalue weighted by Gasteiger charge is 2.06. The molecule has 2 nitrogen and oxygen atoms in total. The minimum Gasteiger partial charge on any atom is -0.315 e. The minimum absolute atomic E-state index is 0.627. The Balaban J connectivity index is 2.39. The van der Waals surface area contributed by atoms with E-state index in [1.807, 2.05) is 18.2 Å². The molecule has 1 N–H and O–H groups in total. The molecule has 0 radical (unpaired) electrons. The van der Waals surface area contributed by atoms with Crippen molar-refractivity contribution in [2.24, 2.45) is 0 Å². The van der Waals surface area contributed by atoms with Crippen LogP contribution < -0.4 is 5.32 Å². The summed E-state index contributed by atoms with van der Waals surface area (Å²) in [5, 5.41) is 4.67. The molecule has 0 saturated carbocycles. The van der Waals surface area contributed by atoms with Crippen molar-refractivity contribution in [3.05, 3.63) is 33.8 Å². The molecule has 1 rings (SSSR count). The predicted molar refractivity (Wildman–Crippen MR) is 76.0 cm³/mol. The van der Waals surface area contributed by atoms with Crippen LogP contribution in [0.2, 0.25) is 10.0 Å². The normalized spacial score (nSPS) is 11.1. The summed E-state index contributed by atoms with van der Waals surface area (Å²) in [5.41, 5.74) is 1.08. The lowest BCUT2D eigenvalue weighted by molar-refractivity contribution is 0.325. The van der Waals surface area contributed by atoms with Crippen LogP contribution in [0.1, 0.15) is 18.9 Å². The van der Waals surface area contributed by atoms with E-state index >= 15 is 0 Å². The Morgan fingerprint density at radius 2 is 2.00 bits per heavy atom. The maximum absolute atomic E-state index is 6.15. The molecule has 0 fully saturated rings. The topological polar surface area (TPSA) is 15.3 Å². The van der Waals surface area contributed by atoms with Crippen LogP contribution in [0.25, 0.3) is 0 Å². The van der Waals surface area contributed by atoms with Crippen LogP contribution in [0.5, 0.6) is 0 Å². The fourth-order valence-corrected chi connectivity index (χ4v) is 1.99. The van der Waals surface area contributed by atoms with E-state index in [0.29, 0.717) is 10.0 Å². The van der Waals surface area contributed by atoms with Crippen LogP contribution >= 0.6 is 23.2 Å². The fourth-order valence-electron chi connectivity index (χ4n) is 1.61. The summed E-state index contributed by atoms with van der Waals surface area (Å²) >= 11 is 12.1. The lowest BCUT2D eigenvalue weighted by Crippen LogP contribution is -2.29. The monoisotopic (exact) mass is 274 g/mol. The van der Waals surface area contributed by atoms with Crippen LogP contribution in [-0.4, -0.2) is 31.6 Å². The first-order valence-electron chi connectivity index (χ1n) is 5.97. The van der Waals surface area contributed by atoms with Gasteiger partial charge in [-0.2, -0.15) is 0 Å². The standard InChI is InChI=1S/C13H20Cl2N2/c1-3-7-16-8-9-17(2)10-11-5-4-6-12(14)13(11)15/h4-6,16H,3,7-10H2,1-2H3. The largest absolute Gasteiger partial charge is 0.315 e. The van der Waals surface area contributed by atoms with Crippen LogP contribution in [0.3, 0.4) is 0 Å². The second-order valence-electron chi connectivity index (χ2n) is 4.20. The molecule has 4 heteroatoms. The first-order valence-corrected chi connectivity index (χ1v) is 6.73. The Morgan fingerprint density at radius 3 is 2.71 bits per heavy atom. The second kappa shape index (κ2) is 7.93. The highest BCUT2D eigenvalue weighted by Crippen LogP contribution is 2.26. The highest BCUT2D eigenvalue weighted by molar-refractivity contribution is 6.42. The summed E-state index contributed by atoms with van der Waals surface area (Å²) in [7, 11) is 2.09. The molecule has 1 aromatic rings. The van der Waals surface area contributed by atoms with Crippen molar-refractivity contribution in [2.45, 2.75) is 19.9 Å². The highest BCUT2D eigenvalue weighted by atomic mass is 35.5. The maximum atomic E-state index is 6.15. The number of hydrogen-bond donors (Lipinski definition) is 1. The molecule has 0 bridgehead atoms. The molecule has 0 aliphatic rings. The van der Waals surface area contributed by atoms with Gasteiger partial charge in [-0.1, -0.05) is 42.3 Å². The van der Waals surface area contributed by atoms with Gasteiger partial charge in [0.2, 0.25) is 0 Å². The van der Waals surface area contributed by atoms with E-state index in [-0.39, 0.29) is 0 Å². The van der Waals surface area contributed by atoms with Gasteiger partial charge in [0.15, 0.2) is 0 Å². The molecule has 0 saturated heterocycles.